The zero-order valence-electron chi connectivity index (χ0n) is 13.2. The van der Waals surface area contributed by atoms with Crippen molar-refractivity contribution >= 4 is 23.5 Å². The Hall–Kier alpha value is -1.69. The standard InChI is InChI=1S/C16H22N4OS/c1-11(2)8-14(20-6-4-5-7-20)16(21)17-15-12-9-22-10-13(12)18-19(15)3/h4-7,11,14H,8-10H2,1-3H3,(H,17,21)/t14-/m1/s1. The Morgan fingerprint density at radius 1 is 1.36 bits per heavy atom. The van der Waals surface area contributed by atoms with Crippen LogP contribution >= 0.6 is 11.8 Å². The van der Waals surface area contributed by atoms with Gasteiger partial charge in [0, 0.05) is 36.5 Å². The Morgan fingerprint density at radius 2 is 2.09 bits per heavy atom. The van der Waals surface area contributed by atoms with Gasteiger partial charge in [-0.25, -0.2) is 0 Å². The molecule has 0 unspecified atom stereocenters. The summed E-state index contributed by atoms with van der Waals surface area (Å²) in [5, 5.41) is 7.61. The third-order valence-corrected chi connectivity index (χ3v) is 4.91. The second-order valence-corrected chi connectivity index (χ2v) is 7.14. The molecule has 0 spiro atoms. The molecule has 118 valence electrons. The number of hydrogen-bond acceptors (Lipinski definition) is 3. The van der Waals surface area contributed by atoms with Gasteiger partial charge in [0.1, 0.15) is 11.9 Å². The van der Waals surface area contributed by atoms with Crippen LogP contribution in [0.3, 0.4) is 0 Å². The van der Waals surface area contributed by atoms with Gasteiger partial charge >= 0.3 is 0 Å². The maximum atomic E-state index is 12.8. The van der Waals surface area contributed by atoms with Crippen molar-refractivity contribution in [3.8, 4) is 0 Å². The molecule has 2 aromatic heterocycles. The molecule has 3 rings (SSSR count). The summed E-state index contributed by atoms with van der Waals surface area (Å²) in [6, 6.07) is 3.73. The van der Waals surface area contributed by atoms with Crippen LogP contribution in [0.4, 0.5) is 5.82 Å². The minimum absolute atomic E-state index is 0.0348. The van der Waals surface area contributed by atoms with Gasteiger partial charge in [-0.2, -0.15) is 16.9 Å². The van der Waals surface area contributed by atoms with Crippen molar-refractivity contribution in [3.63, 3.8) is 0 Å². The zero-order valence-corrected chi connectivity index (χ0v) is 14.1. The van der Waals surface area contributed by atoms with E-state index in [2.05, 4.69) is 24.3 Å². The van der Waals surface area contributed by atoms with E-state index in [0.717, 1.165) is 29.4 Å². The van der Waals surface area contributed by atoms with E-state index in [0.29, 0.717) is 5.92 Å². The monoisotopic (exact) mass is 318 g/mol. The van der Waals surface area contributed by atoms with Crippen molar-refractivity contribution in [2.24, 2.45) is 13.0 Å². The average molecular weight is 318 g/mol. The smallest absolute Gasteiger partial charge is 0.248 e. The van der Waals surface area contributed by atoms with Gasteiger partial charge in [-0.3, -0.25) is 9.48 Å². The largest absolute Gasteiger partial charge is 0.342 e. The Labute approximate surface area is 135 Å². The molecule has 5 nitrogen and oxygen atoms in total. The van der Waals surface area contributed by atoms with Gasteiger partial charge in [0.05, 0.1) is 5.69 Å². The van der Waals surface area contributed by atoms with Crippen molar-refractivity contribution in [1.29, 1.82) is 0 Å². The van der Waals surface area contributed by atoms with Crippen molar-refractivity contribution in [1.82, 2.24) is 14.3 Å². The van der Waals surface area contributed by atoms with E-state index in [1.165, 1.54) is 5.56 Å². The molecule has 0 aromatic carbocycles. The van der Waals surface area contributed by atoms with Crippen molar-refractivity contribution < 1.29 is 4.79 Å². The topological polar surface area (TPSA) is 51.9 Å². The van der Waals surface area contributed by atoms with Crippen LogP contribution < -0.4 is 5.32 Å². The van der Waals surface area contributed by atoms with Gasteiger partial charge in [-0.15, -0.1) is 0 Å². The fraction of sp³-hybridized carbons (Fsp3) is 0.500. The lowest BCUT2D eigenvalue weighted by Gasteiger charge is -2.20. The number of fused-ring (bicyclic) bond motifs is 1. The molecule has 0 fully saturated rings. The number of amides is 1. The van der Waals surface area contributed by atoms with Crippen molar-refractivity contribution in [2.75, 3.05) is 5.32 Å². The van der Waals surface area contributed by atoms with Gasteiger partial charge in [0.2, 0.25) is 5.91 Å². The molecule has 6 heteroatoms. The highest BCUT2D eigenvalue weighted by Gasteiger charge is 2.26. The van der Waals surface area contributed by atoms with Crippen LogP contribution in [-0.4, -0.2) is 20.3 Å². The molecule has 0 saturated heterocycles. The fourth-order valence-electron chi connectivity index (χ4n) is 2.86. The predicted molar refractivity (Wildman–Crippen MR) is 89.8 cm³/mol. The van der Waals surface area contributed by atoms with Crippen LogP contribution in [-0.2, 0) is 23.3 Å². The molecule has 1 atom stereocenters. The van der Waals surface area contributed by atoms with E-state index in [4.69, 9.17) is 0 Å². The maximum Gasteiger partial charge on any atom is 0.248 e. The molecule has 22 heavy (non-hydrogen) atoms. The number of aryl methyl sites for hydroxylation is 1. The number of aromatic nitrogens is 3. The van der Waals surface area contributed by atoms with Crippen molar-refractivity contribution in [3.05, 3.63) is 35.8 Å². The first-order valence-corrected chi connectivity index (χ1v) is 8.77. The summed E-state index contributed by atoms with van der Waals surface area (Å²) in [4.78, 5) is 12.8. The number of hydrogen-bond donors (Lipinski definition) is 1. The van der Waals surface area contributed by atoms with Gasteiger partial charge in [-0.1, -0.05) is 13.8 Å². The molecule has 1 aliphatic heterocycles. The Morgan fingerprint density at radius 3 is 2.77 bits per heavy atom. The van der Waals surface area contributed by atoms with E-state index in [-0.39, 0.29) is 11.9 Å². The van der Waals surface area contributed by atoms with Gasteiger partial charge in [0.25, 0.3) is 0 Å². The third kappa shape index (κ3) is 2.92. The highest BCUT2D eigenvalue weighted by atomic mass is 32.2. The van der Waals surface area contributed by atoms with Crippen LogP contribution in [0.15, 0.2) is 24.5 Å². The van der Waals surface area contributed by atoms with Crippen LogP contribution in [0.1, 0.15) is 37.6 Å². The second kappa shape index (κ2) is 6.20. The molecule has 0 aliphatic carbocycles. The molecular formula is C16H22N4OS. The summed E-state index contributed by atoms with van der Waals surface area (Å²) in [7, 11) is 1.89. The van der Waals surface area contributed by atoms with E-state index < -0.39 is 0 Å². The molecule has 3 heterocycles. The number of thioether (sulfide) groups is 1. The number of carbonyl (C=O) groups is 1. The Kier molecular flexibility index (Phi) is 4.29. The minimum Gasteiger partial charge on any atom is -0.342 e. The van der Waals surface area contributed by atoms with Crippen LogP contribution in [0.2, 0.25) is 0 Å². The Bertz CT molecular complexity index is 660. The lowest BCUT2D eigenvalue weighted by Crippen LogP contribution is -2.27. The first-order valence-electron chi connectivity index (χ1n) is 7.62. The van der Waals surface area contributed by atoms with Gasteiger partial charge in [0.15, 0.2) is 0 Å². The first kappa shape index (κ1) is 15.2. The Balaban J connectivity index is 1.83. The fourth-order valence-corrected chi connectivity index (χ4v) is 3.90. The number of rotatable bonds is 5. The SMILES string of the molecule is CC(C)C[C@H](C(=O)Nc1c2c(nn1C)CSC2)n1cccc1. The second-order valence-electron chi connectivity index (χ2n) is 6.16. The number of carbonyl (C=O) groups excluding carboxylic acids is 1. The zero-order chi connectivity index (χ0) is 15.7. The summed E-state index contributed by atoms with van der Waals surface area (Å²) in [6.07, 6.45) is 4.72. The summed E-state index contributed by atoms with van der Waals surface area (Å²) in [5.74, 6) is 3.20. The summed E-state index contributed by atoms with van der Waals surface area (Å²) in [5.41, 5.74) is 2.28. The number of nitrogens with zero attached hydrogens (tertiary/aromatic N) is 3. The quantitative estimate of drug-likeness (QED) is 0.921. The number of anilines is 1. The normalized spacial score (nSPS) is 15.1. The maximum absolute atomic E-state index is 12.8. The van der Waals surface area contributed by atoms with Gasteiger partial charge < -0.3 is 9.88 Å². The molecular weight excluding hydrogens is 296 g/mol. The molecule has 1 N–H and O–H groups in total. The van der Waals surface area contributed by atoms with Gasteiger partial charge in [-0.05, 0) is 24.5 Å². The molecule has 0 bridgehead atoms. The summed E-state index contributed by atoms with van der Waals surface area (Å²) < 4.78 is 3.78. The highest BCUT2D eigenvalue weighted by Crippen LogP contribution is 2.34. The third-order valence-electron chi connectivity index (χ3n) is 3.94. The summed E-state index contributed by atoms with van der Waals surface area (Å²) >= 11 is 1.84. The van der Waals surface area contributed by atoms with E-state index >= 15 is 0 Å². The highest BCUT2D eigenvalue weighted by molar-refractivity contribution is 7.98. The molecule has 1 aliphatic rings. The van der Waals surface area contributed by atoms with Crippen LogP contribution in [0.5, 0.6) is 0 Å². The number of nitrogens with one attached hydrogen (secondary N) is 1. The average Bonchev–Trinajstić information content (AvgIpc) is 3.16. The van der Waals surface area contributed by atoms with E-state index in [9.17, 15) is 4.79 Å². The van der Waals surface area contributed by atoms with E-state index in [1.54, 1.807) is 4.68 Å². The first-order chi connectivity index (χ1) is 10.6. The lowest BCUT2D eigenvalue weighted by molar-refractivity contribution is -0.119. The molecule has 0 saturated carbocycles. The van der Waals surface area contributed by atoms with E-state index in [1.807, 2.05) is 47.9 Å². The molecule has 2 aromatic rings. The molecule has 1 amide bonds. The van der Waals surface area contributed by atoms with Crippen molar-refractivity contribution in [2.45, 2.75) is 37.8 Å². The van der Waals surface area contributed by atoms with Crippen LogP contribution in [0, 0.1) is 5.92 Å². The predicted octanol–water partition coefficient (Wildman–Crippen LogP) is 3.19. The van der Waals surface area contributed by atoms with Crippen LogP contribution in [0.25, 0.3) is 0 Å². The molecule has 0 radical (unpaired) electrons. The lowest BCUT2D eigenvalue weighted by atomic mass is 10.0. The summed E-state index contributed by atoms with van der Waals surface area (Å²) in [6.45, 7) is 4.28. The minimum atomic E-state index is -0.186.